The van der Waals surface area contributed by atoms with Crippen LogP contribution in [-0.4, -0.2) is 67.3 Å². The van der Waals surface area contributed by atoms with Crippen LogP contribution < -0.4 is 4.18 Å². The summed E-state index contributed by atoms with van der Waals surface area (Å²) >= 11 is 0. The van der Waals surface area contributed by atoms with E-state index in [1.54, 1.807) is 32.3 Å². The van der Waals surface area contributed by atoms with Gasteiger partial charge < -0.3 is 9.29 Å². The zero-order chi connectivity index (χ0) is 27.6. The lowest BCUT2D eigenvalue weighted by atomic mass is 9.52. The molecule has 0 saturated heterocycles. The van der Waals surface area contributed by atoms with Crippen molar-refractivity contribution in [1.29, 1.82) is 5.26 Å². The number of benzene rings is 2. The van der Waals surface area contributed by atoms with Gasteiger partial charge in [-0.25, -0.2) is 0 Å². The first-order valence-corrected chi connectivity index (χ1v) is 13.4. The SMILES string of the molecule is CN(C)C1C(=O)C(C#N)C(=O)[C@@]2(O)C(=O)C3C(=O)c4c(cccc4OS(=O)(=O)c4ccccc4)C[C@H]3C[C@@H]12. The molecule has 5 rings (SSSR count). The van der Waals surface area contributed by atoms with Crippen molar-refractivity contribution >= 4 is 33.3 Å². The molecule has 11 heteroatoms. The van der Waals surface area contributed by atoms with Crippen LogP contribution in [0.15, 0.2) is 53.4 Å². The smallest absolute Gasteiger partial charge is 0.339 e. The Bertz CT molecular complexity index is 1530. The highest BCUT2D eigenvalue weighted by atomic mass is 32.2. The molecule has 6 atom stereocenters. The number of ketones is 4. The minimum Gasteiger partial charge on any atom is -0.378 e. The van der Waals surface area contributed by atoms with E-state index < -0.39 is 68.6 Å². The zero-order valence-electron chi connectivity index (χ0n) is 20.5. The van der Waals surface area contributed by atoms with Gasteiger partial charge in [-0.2, -0.15) is 13.7 Å². The van der Waals surface area contributed by atoms with Crippen molar-refractivity contribution in [3.05, 3.63) is 59.7 Å². The van der Waals surface area contributed by atoms with Crippen molar-refractivity contribution in [3.63, 3.8) is 0 Å². The Morgan fingerprint density at radius 2 is 1.71 bits per heavy atom. The number of rotatable bonds is 4. The molecule has 2 aromatic carbocycles. The monoisotopic (exact) mass is 536 g/mol. The third kappa shape index (κ3) is 3.63. The number of hydrogen-bond donors (Lipinski definition) is 1. The van der Waals surface area contributed by atoms with E-state index in [0.29, 0.717) is 5.56 Å². The topological polar surface area (TPSA) is 159 Å². The Morgan fingerprint density at radius 1 is 1.03 bits per heavy atom. The highest BCUT2D eigenvalue weighted by Gasteiger charge is 2.68. The fourth-order valence-electron chi connectivity index (χ4n) is 6.20. The van der Waals surface area contributed by atoms with E-state index in [2.05, 4.69) is 0 Å². The predicted molar refractivity (Wildman–Crippen MR) is 130 cm³/mol. The largest absolute Gasteiger partial charge is 0.378 e. The van der Waals surface area contributed by atoms with Gasteiger partial charge in [-0.1, -0.05) is 30.3 Å². The standard InChI is InChI=1S/C27H24N2O8S/c1-29(2)22-18-12-15-11-14-7-6-10-19(37-38(35,36)16-8-4-3-5-9-16)20(14)24(31)21(15)26(33)27(18,34)25(32)17(13-28)23(22)30/h3-10,15,17-18,21-22,34H,11-12H2,1-2H3/t15-,17?,18-,21?,22?,27+/m0/s1. The maximum atomic E-state index is 13.8. The van der Waals surface area contributed by atoms with Gasteiger partial charge in [0.25, 0.3) is 0 Å². The normalized spacial score (nSPS) is 30.8. The molecule has 3 aliphatic rings. The Balaban J connectivity index is 1.58. The molecular formula is C27H24N2O8S. The summed E-state index contributed by atoms with van der Waals surface area (Å²) in [5.41, 5.74) is -2.35. The Kier molecular flexibility index (Phi) is 6.10. The van der Waals surface area contributed by atoms with Gasteiger partial charge in [0.15, 0.2) is 40.4 Å². The number of nitrogens with zero attached hydrogens (tertiary/aromatic N) is 2. The molecule has 3 aliphatic carbocycles. The lowest BCUT2D eigenvalue weighted by molar-refractivity contribution is -0.179. The van der Waals surface area contributed by atoms with Crippen LogP contribution in [0.1, 0.15) is 22.3 Å². The van der Waals surface area contributed by atoms with E-state index in [1.807, 2.05) is 0 Å². The Morgan fingerprint density at radius 3 is 2.34 bits per heavy atom. The average molecular weight is 537 g/mol. The van der Waals surface area contributed by atoms with E-state index >= 15 is 0 Å². The third-order valence-corrected chi connectivity index (χ3v) is 9.11. The number of carbonyl (C=O) groups is 4. The average Bonchev–Trinajstić information content (AvgIpc) is 2.87. The molecule has 38 heavy (non-hydrogen) atoms. The van der Waals surface area contributed by atoms with Crippen LogP contribution in [-0.2, 0) is 30.9 Å². The van der Waals surface area contributed by atoms with Crippen LogP contribution >= 0.6 is 0 Å². The van der Waals surface area contributed by atoms with Crippen molar-refractivity contribution in [2.24, 2.45) is 23.7 Å². The summed E-state index contributed by atoms with van der Waals surface area (Å²) in [6, 6.07) is 12.4. The van der Waals surface area contributed by atoms with Crippen molar-refractivity contribution in [1.82, 2.24) is 4.90 Å². The maximum absolute atomic E-state index is 13.8. The molecule has 0 aromatic heterocycles. The number of likely N-dealkylation sites (N-methyl/N-ethyl adjacent to an activating group) is 1. The van der Waals surface area contributed by atoms with E-state index in [4.69, 9.17) is 4.18 Å². The van der Waals surface area contributed by atoms with E-state index in [-0.39, 0.29) is 29.1 Å². The summed E-state index contributed by atoms with van der Waals surface area (Å²) in [6.45, 7) is 0. The summed E-state index contributed by atoms with van der Waals surface area (Å²) in [6.07, 6.45) is 0.167. The van der Waals surface area contributed by atoms with Crippen LogP contribution in [0.3, 0.4) is 0 Å². The van der Waals surface area contributed by atoms with E-state index in [9.17, 15) is 38.0 Å². The Labute approximate surface area is 218 Å². The van der Waals surface area contributed by atoms with Crippen LogP contribution in [0.4, 0.5) is 0 Å². The highest BCUT2D eigenvalue weighted by Crippen LogP contribution is 2.50. The number of Topliss-reactive ketones (excluding diaryl/α,β-unsaturated/α-hetero) is 4. The summed E-state index contributed by atoms with van der Waals surface area (Å²) in [4.78, 5) is 55.1. The second kappa shape index (κ2) is 8.94. The van der Waals surface area contributed by atoms with Gasteiger partial charge in [0.1, 0.15) is 4.90 Å². The highest BCUT2D eigenvalue weighted by molar-refractivity contribution is 7.87. The van der Waals surface area contributed by atoms with Crippen LogP contribution in [0, 0.1) is 35.0 Å². The van der Waals surface area contributed by atoms with E-state index in [1.165, 1.54) is 41.3 Å². The molecule has 0 radical (unpaired) electrons. The van der Waals surface area contributed by atoms with Crippen molar-refractivity contribution in [2.45, 2.75) is 29.4 Å². The molecule has 196 valence electrons. The maximum Gasteiger partial charge on any atom is 0.339 e. The molecular weight excluding hydrogens is 512 g/mol. The minimum absolute atomic E-state index is 0.00393. The first kappa shape index (κ1) is 25.9. The van der Waals surface area contributed by atoms with Crippen LogP contribution in [0.25, 0.3) is 0 Å². The molecule has 0 spiro atoms. The lowest BCUT2D eigenvalue weighted by Crippen LogP contribution is -2.72. The summed E-state index contributed by atoms with van der Waals surface area (Å²) in [5.74, 6) is -9.09. The molecule has 0 bridgehead atoms. The second-order valence-electron chi connectivity index (χ2n) is 10.2. The fourth-order valence-corrected chi connectivity index (χ4v) is 7.17. The molecule has 3 unspecified atom stereocenters. The fraction of sp³-hybridized carbons (Fsp3) is 0.370. The van der Waals surface area contributed by atoms with Crippen LogP contribution in [0.5, 0.6) is 5.75 Å². The zero-order valence-corrected chi connectivity index (χ0v) is 21.3. The second-order valence-corrected chi connectivity index (χ2v) is 11.7. The van der Waals surface area contributed by atoms with Gasteiger partial charge >= 0.3 is 10.1 Å². The lowest BCUT2D eigenvalue weighted by Gasteiger charge is -2.52. The number of hydrogen-bond acceptors (Lipinski definition) is 10. The van der Waals surface area contributed by atoms with Gasteiger partial charge in [-0.3, -0.25) is 24.1 Å². The molecule has 0 heterocycles. The predicted octanol–water partition coefficient (Wildman–Crippen LogP) is 0.967. The quantitative estimate of drug-likeness (QED) is 0.441. The van der Waals surface area contributed by atoms with Crippen molar-refractivity contribution in [3.8, 4) is 11.8 Å². The number of nitriles is 1. The van der Waals surface area contributed by atoms with Crippen molar-refractivity contribution < 1.29 is 36.9 Å². The number of carbonyl (C=O) groups excluding carboxylic acids is 4. The van der Waals surface area contributed by atoms with Crippen molar-refractivity contribution in [2.75, 3.05) is 14.1 Å². The van der Waals surface area contributed by atoms with Gasteiger partial charge in [-0.15, -0.1) is 0 Å². The summed E-state index contributed by atoms with van der Waals surface area (Å²) in [7, 11) is -1.19. The van der Waals surface area contributed by atoms with Gasteiger partial charge in [0.05, 0.1) is 23.6 Å². The molecule has 2 aromatic rings. The summed E-state index contributed by atoms with van der Waals surface area (Å²) < 4.78 is 31.1. The van der Waals surface area contributed by atoms with Gasteiger partial charge in [0, 0.05) is 5.92 Å². The molecule has 2 saturated carbocycles. The summed E-state index contributed by atoms with van der Waals surface area (Å²) in [5, 5.41) is 21.1. The number of aliphatic hydroxyl groups is 1. The van der Waals surface area contributed by atoms with Crippen LogP contribution in [0.2, 0.25) is 0 Å². The molecule has 2 fully saturated rings. The molecule has 0 aliphatic heterocycles. The number of fused-ring (bicyclic) bond motifs is 3. The molecule has 10 nitrogen and oxygen atoms in total. The molecule has 0 amide bonds. The van der Waals surface area contributed by atoms with Gasteiger partial charge in [0.2, 0.25) is 0 Å². The van der Waals surface area contributed by atoms with Gasteiger partial charge in [-0.05, 0) is 56.6 Å². The first-order valence-electron chi connectivity index (χ1n) is 12.0. The third-order valence-electron chi connectivity index (χ3n) is 7.86. The minimum atomic E-state index is -4.31. The molecule has 1 N–H and O–H groups in total. The van der Waals surface area contributed by atoms with E-state index in [0.717, 1.165) is 0 Å². The first-order chi connectivity index (χ1) is 17.9. The Hall–Kier alpha value is -3.72.